The molecule has 0 unspecified atom stereocenters. The van der Waals surface area contributed by atoms with Crippen LogP contribution in [0.5, 0.6) is 0 Å². The van der Waals surface area contributed by atoms with Gasteiger partial charge in [-0.2, -0.15) is 0 Å². The summed E-state index contributed by atoms with van der Waals surface area (Å²) in [4.78, 5) is 10.9. The summed E-state index contributed by atoms with van der Waals surface area (Å²) in [5.74, 6) is -0.192. The summed E-state index contributed by atoms with van der Waals surface area (Å²) in [6.07, 6.45) is 10.2. The van der Waals surface area contributed by atoms with Crippen LogP contribution in [0, 0.1) is 0 Å². The molecule has 23 heavy (non-hydrogen) atoms. The number of esters is 1. The summed E-state index contributed by atoms with van der Waals surface area (Å²) in [6, 6.07) is 0. The van der Waals surface area contributed by atoms with Crippen LogP contribution < -0.4 is 0 Å². The van der Waals surface area contributed by atoms with Crippen molar-refractivity contribution in [2.75, 3.05) is 46.8 Å². The van der Waals surface area contributed by atoms with Gasteiger partial charge in [0, 0.05) is 19.6 Å². The fraction of sp³-hybridized carbons (Fsp3) is 0.944. The molecule has 0 radical (unpaired) electrons. The first-order chi connectivity index (χ1) is 11.3. The molecule has 0 N–H and O–H groups in total. The predicted octanol–water partition coefficient (Wildman–Crippen LogP) is 3.74. The molecule has 0 aromatic rings. The monoisotopic (exact) mass is 332 g/mol. The molecule has 0 aromatic heterocycles. The van der Waals surface area contributed by atoms with Crippen LogP contribution in [0.25, 0.3) is 0 Å². The Hall–Kier alpha value is -0.650. The number of hydrogen-bond donors (Lipinski definition) is 0. The van der Waals surface area contributed by atoms with Crippen molar-refractivity contribution in [3.63, 3.8) is 0 Å². The van der Waals surface area contributed by atoms with Crippen LogP contribution >= 0.6 is 0 Å². The van der Waals surface area contributed by atoms with Gasteiger partial charge in [0.1, 0.15) is 0 Å². The van der Waals surface area contributed by atoms with E-state index in [-0.39, 0.29) is 5.97 Å². The highest BCUT2D eigenvalue weighted by Gasteiger charge is 1.99. The van der Waals surface area contributed by atoms with E-state index >= 15 is 0 Å². The molecule has 0 heterocycles. The molecule has 0 saturated carbocycles. The highest BCUT2D eigenvalue weighted by Crippen LogP contribution is 2.06. The highest BCUT2D eigenvalue weighted by atomic mass is 16.5. The Kier molecular flexibility index (Phi) is 18.8. The molecule has 0 bridgehead atoms. The molecule has 0 aliphatic heterocycles. The van der Waals surface area contributed by atoms with E-state index in [2.05, 4.69) is 11.7 Å². The standard InChI is InChI=1S/C18H36O5/c1-3-4-5-6-7-8-9-12-21-14-16-23-17-15-22-13-10-11-18(19)20-2/h3-17H2,1-2H3. The van der Waals surface area contributed by atoms with Gasteiger partial charge in [0.05, 0.1) is 33.5 Å². The fourth-order valence-corrected chi connectivity index (χ4v) is 2.12. The predicted molar refractivity (Wildman–Crippen MR) is 91.7 cm³/mol. The molecule has 0 saturated heterocycles. The van der Waals surface area contributed by atoms with E-state index in [1.165, 1.54) is 45.6 Å². The minimum atomic E-state index is -0.192. The van der Waals surface area contributed by atoms with Crippen molar-refractivity contribution in [3.8, 4) is 0 Å². The average molecular weight is 332 g/mol. The summed E-state index contributed by atoms with van der Waals surface area (Å²) in [7, 11) is 1.40. The molecule has 5 heteroatoms. The molecular weight excluding hydrogens is 296 g/mol. The zero-order chi connectivity index (χ0) is 17.0. The van der Waals surface area contributed by atoms with Gasteiger partial charge in [-0.3, -0.25) is 4.79 Å². The maximum Gasteiger partial charge on any atom is 0.305 e. The second kappa shape index (κ2) is 19.4. The smallest absolute Gasteiger partial charge is 0.305 e. The van der Waals surface area contributed by atoms with E-state index in [4.69, 9.17) is 14.2 Å². The number of carbonyl (C=O) groups excluding carboxylic acids is 1. The van der Waals surface area contributed by atoms with E-state index in [1.807, 2.05) is 0 Å². The largest absolute Gasteiger partial charge is 0.469 e. The molecule has 0 rings (SSSR count). The van der Waals surface area contributed by atoms with E-state index in [1.54, 1.807) is 0 Å². The minimum Gasteiger partial charge on any atom is -0.469 e. The van der Waals surface area contributed by atoms with Gasteiger partial charge in [0.25, 0.3) is 0 Å². The van der Waals surface area contributed by atoms with Crippen molar-refractivity contribution < 1.29 is 23.7 Å². The molecule has 138 valence electrons. The van der Waals surface area contributed by atoms with E-state index in [0.717, 1.165) is 13.0 Å². The van der Waals surface area contributed by atoms with Gasteiger partial charge in [-0.1, -0.05) is 45.4 Å². The zero-order valence-electron chi connectivity index (χ0n) is 15.1. The maximum absolute atomic E-state index is 10.9. The Balaban J connectivity index is 2.99. The van der Waals surface area contributed by atoms with E-state index < -0.39 is 0 Å². The quantitative estimate of drug-likeness (QED) is 0.283. The zero-order valence-corrected chi connectivity index (χ0v) is 15.1. The van der Waals surface area contributed by atoms with Gasteiger partial charge >= 0.3 is 5.97 Å². The topological polar surface area (TPSA) is 54.0 Å². The Bertz CT molecular complexity index is 246. The SMILES string of the molecule is CCCCCCCCCOCCOCCOCCCC(=O)OC. The third kappa shape index (κ3) is 19.3. The molecule has 0 spiro atoms. The molecule has 0 aromatic carbocycles. The van der Waals surface area contributed by atoms with Gasteiger partial charge in [0.15, 0.2) is 0 Å². The van der Waals surface area contributed by atoms with Crippen molar-refractivity contribution in [3.05, 3.63) is 0 Å². The van der Waals surface area contributed by atoms with E-state index in [9.17, 15) is 4.79 Å². The van der Waals surface area contributed by atoms with Crippen molar-refractivity contribution in [1.82, 2.24) is 0 Å². The second-order valence-corrected chi connectivity index (χ2v) is 5.64. The van der Waals surface area contributed by atoms with Gasteiger partial charge in [-0.15, -0.1) is 0 Å². The Labute approximate surface area is 142 Å². The van der Waals surface area contributed by atoms with E-state index in [0.29, 0.717) is 45.9 Å². The van der Waals surface area contributed by atoms with Gasteiger partial charge in [-0.05, 0) is 12.8 Å². The summed E-state index contributed by atoms with van der Waals surface area (Å²) >= 11 is 0. The first-order valence-corrected chi connectivity index (χ1v) is 9.11. The van der Waals surface area contributed by atoms with Crippen LogP contribution in [0.3, 0.4) is 0 Å². The summed E-state index contributed by atoms with van der Waals surface area (Å²) in [6.45, 7) is 6.03. The van der Waals surface area contributed by atoms with Crippen LogP contribution in [0.2, 0.25) is 0 Å². The van der Waals surface area contributed by atoms with Gasteiger partial charge < -0.3 is 18.9 Å². The van der Waals surface area contributed by atoms with Crippen LogP contribution in [0.4, 0.5) is 0 Å². The fourth-order valence-electron chi connectivity index (χ4n) is 2.12. The van der Waals surface area contributed by atoms with Crippen LogP contribution in [-0.4, -0.2) is 52.7 Å². The molecule has 0 amide bonds. The van der Waals surface area contributed by atoms with Crippen LogP contribution in [-0.2, 0) is 23.7 Å². The summed E-state index contributed by atoms with van der Waals surface area (Å²) < 4.78 is 20.8. The van der Waals surface area contributed by atoms with Crippen molar-refractivity contribution in [2.24, 2.45) is 0 Å². The molecule has 5 nitrogen and oxygen atoms in total. The van der Waals surface area contributed by atoms with Crippen molar-refractivity contribution >= 4 is 5.97 Å². The normalized spacial score (nSPS) is 10.9. The minimum absolute atomic E-state index is 0.192. The second-order valence-electron chi connectivity index (χ2n) is 5.64. The lowest BCUT2D eigenvalue weighted by Gasteiger charge is -2.07. The Morgan fingerprint density at radius 2 is 1.13 bits per heavy atom. The number of methoxy groups -OCH3 is 1. The van der Waals surface area contributed by atoms with Crippen molar-refractivity contribution in [2.45, 2.75) is 64.7 Å². The average Bonchev–Trinajstić information content (AvgIpc) is 2.57. The van der Waals surface area contributed by atoms with Crippen LogP contribution in [0.15, 0.2) is 0 Å². The third-order valence-electron chi connectivity index (χ3n) is 3.53. The summed E-state index contributed by atoms with van der Waals surface area (Å²) in [5, 5.41) is 0. The van der Waals surface area contributed by atoms with Gasteiger partial charge in [0.2, 0.25) is 0 Å². The molecule has 0 fully saturated rings. The molecular formula is C18H36O5. The lowest BCUT2D eigenvalue weighted by atomic mass is 10.1. The van der Waals surface area contributed by atoms with Crippen LogP contribution in [0.1, 0.15) is 64.7 Å². The maximum atomic E-state index is 10.9. The lowest BCUT2D eigenvalue weighted by Crippen LogP contribution is -2.11. The first kappa shape index (κ1) is 22.4. The number of ether oxygens (including phenoxy) is 4. The number of hydrogen-bond acceptors (Lipinski definition) is 5. The number of unbranched alkanes of at least 4 members (excludes halogenated alkanes) is 6. The lowest BCUT2D eigenvalue weighted by molar-refractivity contribution is -0.141. The first-order valence-electron chi connectivity index (χ1n) is 9.11. The molecule has 0 aliphatic rings. The number of carbonyl (C=O) groups is 1. The molecule has 0 aliphatic carbocycles. The Morgan fingerprint density at radius 1 is 0.652 bits per heavy atom. The highest BCUT2D eigenvalue weighted by molar-refractivity contribution is 5.68. The van der Waals surface area contributed by atoms with Gasteiger partial charge in [-0.25, -0.2) is 0 Å². The molecule has 0 atom stereocenters. The van der Waals surface area contributed by atoms with Crippen molar-refractivity contribution in [1.29, 1.82) is 0 Å². The Morgan fingerprint density at radius 3 is 1.70 bits per heavy atom. The third-order valence-corrected chi connectivity index (χ3v) is 3.53. The summed E-state index contributed by atoms with van der Waals surface area (Å²) in [5.41, 5.74) is 0. The number of rotatable bonds is 18.